The Morgan fingerprint density at radius 1 is 1.36 bits per heavy atom. The number of aromatic nitrogens is 2. The number of nitrogens with one attached hydrogen (secondary N) is 1. The van der Waals surface area contributed by atoms with Crippen LogP contribution < -0.4 is 17.0 Å². The average molecular weight is 394 g/mol. The first-order chi connectivity index (χ1) is 9.95. The van der Waals surface area contributed by atoms with Crippen LogP contribution in [-0.4, -0.2) is 39.5 Å². The maximum Gasteiger partial charge on any atom is 0.328 e. The number of carbonyl (C=O) groups is 1. The summed E-state index contributed by atoms with van der Waals surface area (Å²) in [4.78, 5) is 39.2. The Balaban J connectivity index is 0.00000176. The zero-order valence-electron chi connectivity index (χ0n) is 11.8. The lowest BCUT2D eigenvalue weighted by atomic mass is 9.98. The van der Waals surface area contributed by atoms with Crippen molar-refractivity contribution in [1.29, 1.82) is 0 Å². The fourth-order valence-electron chi connectivity index (χ4n) is 3.36. The molecule has 1 aromatic heterocycles. The van der Waals surface area contributed by atoms with Gasteiger partial charge in [-0.2, -0.15) is 0 Å². The van der Waals surface area contributed by atoms with Gasteiger partial charge in [-0.15, -0.1) is 12.4 Å². The molecule has 2 heterocycles. The van der Waals surface area contributed by atoms with Gasteiger partial charge in [0.05, 0.1) is 4.47 Å². The van der Waals surface area contributed by atoms with Gasteiger partial charge in [-0.05, 0) is 40.6 Å². The Hall–Kier alpha value is -1.12. The summed E-state index contributed by atoms with van der Waals surface area (Å²) >= 11 is 3.06. The van der Waals surface area contributed by atoms with Gasteiger partial charge in [-0.3, -0.25) is 19.1 Å². The number of rotatable bonds is 2. The van der Waals surface area contributed by atoms with E-state index in [-0.39, 0.29) is 35.4 Å². The standard InChI is InChI=1S/C13H17BrN4O3.ClH/c14-9-5-18(13(21)16-12(9)20)6-11(19)17-3-7-1-2-10(15)8(7)4-17;/h5,7-8,10H,1-4,6,15H2,(H,16,20,21);1H. The van der Waals surface area contributed by atoms with E-state index < -0.39 is 11.2 Å². The van der Waals surface area contributed by atoms with Crippen LogP contribution in [0, 0.1) is 11.8 Å². The van der Waals surface area contributed by atoms with E-state index in [1.807, 2.05) is 0 Å². The number of halogens is 2. The van der Waals surface area contributed by atoms with Crippen molar-refractivity contribution >= 4 is 34.2 Å². The number of H-pyrrole nitrogens is 1. The quantitative estimate of drug-likeness (QED) is 0.733. The van der Waals surface area contributed by atoms with Gasteiger partial charge in [0.2, 0.25) is 5.91 Å². The molecule has 1 aliphatic carbocycles. The van der Waals surface area contributed by atoms with Gasteiger partial charge in [-0.25, -0.2) is 4.79 Å². The second-order valence-corrected chi connectivity index (χ2v) is 6.68. The van der Waals surface area contributed by atoms with Crippen molar-refractivity contribution in [2.45, 2.75) is 25.4 Å². The number of nitrogens with zero attached hydrogens (tertiary/aromatic N) is 2. The highest BCUT2D eigenvalue weighted by molar-refractivity contribution is 9.10. The van der Waals surface area contributed by atoms with Crippen LogP contribution in [0.3, 0.4) is 0 Å². The van der Waals surface area contributed by atoms with Gasteiger partial charge in [0, 0.05) is 25.3 Å². The number of likely N-dealkylation sites (tertiary alicyclic amines) is 1. The maximum atomic E-state index is 12.3. The number of hydrogen-bond acceptors (Lipinski definition) is 4. The first-order valence-electron chi connectivity index (χ1n) is 6.98. The van der Waals surface area contributed by atoms with Gasteiger partial charge in [0.25, 0.3) is 5.56 Å². The first kappa shape index (κ1) is 17.2. The lowest BCUT2D eigenvalue weighted by molar-refractivity contribution is -0.131. The van der Waals surface area contributed by atoms with Gasteiger partial charge in [0.15, 0.2) is 0 Å². The summed E-state index contributed by atoms with van der Waals surface area (Å²) in [5, 5.41) is 0. The zero-order chi connectivity index (χ0) is 15.1. The molecule has 0 radical (unpaired) electrons. The van der Waals surface area contributed by atoms with Gasteiger partial charge < -0.3 is 10.6 Å². The number of carbonyl (C=O) groups excluding carboxylic acids is 1. The summed E-state index contributed by atoms with van der Waals surface area (Å²) in [5.41, 5.74) is 4.99. The summed E-state index contributed by atoms with van der Waals surface area (Å²) in [6.07, 6.45) is 3.45. The minimum absolute atomic E-state index is 0. The summed E-state index contributed by atoms with van der Waals surface area (Å²) < 4.78 is 1.44. The van der Waals surface area contributed by atoms with Gasteiger partial charge in [0.1, 0.15) is 6.54 Å². The van der Waals surface area contributed by atoms with E-state index in [0.717, 1.165) is 19.4 Å². The number of fused-ring (bicyclic) bond motifs is 1. The van der Waals surface area contributed by atoms with E-state index in [4.69, 9.17) is 5.73 Å². The Morgan fingerprint density at radius 2 is 2.09 bits per heavy atom. The number of aromatic amines is 1. The van der Waals surface area contributed by atoms with Crippen molar-refractivity contribution in [3.63, 3.8) is 0 Å². The molecule has 22 heavy (non-hydrogen) atoms. The monoisotopic (exact) mass is 392 g/mol. The largest absolute Gasteiger partial charge is 0.341 e. The number of nitrogens with two attached hydrogens (primary N) is 1. The van der Waals surface area contributed by atoms with E-state index in [0.29, 0.717) is 18.4 Å². The third-order valence-electron chi connectivity index (χ3n) is 4.54. The minimum Gasteiger partial charge on any atom is -0.341 e. The fraction of sp³-hybridized carbons (Fsp3) is 0.615. The molecule has 2 fully saturated rings. The van der Waals surface area contributed by atoms with E-state index in [1.165, 1.54) is 10.8 Å². The average Bonchev–Trinajstić information content (AvgIpc) is 2.99. The van der Waals surface area contributed by atoms with Gasteiger partial charge in [-0.1, -0.05) is 0 Å². The van der Waals surface area contributed by atoms with Crippen LogP contribution in [0.5, 0.6) is 0 Å². The highest BCUT2D eigenvalue weighted by Crippen LogP contribution is 2.37. The van der Waals surface area contributed by atoms with Crippen molar-refractivity contribution in [2.75, 3.05) is 13.1 Å². The Morgan fingerprint density at radius 3 is 2.77 bits per heavy atom. The van der Waals surface area contributed by atoms with Crippen molar-refractivity contribution in [3.8, 4) is 0 Å². The molecule has 9 heteroatoms. The van der Waals surface area contributed by atoms with E-state index in [9.17, 15) is 14.4 Å². The van der Waals surface area contributed by atoms with Gasteiger partial charge >= 0.3 is 5.69 Å². The van der Waals surface area contributed by atoms with Crippen molar-refractivity contribution in [1.82, 2.24) is 14.5 Å². The predicted octanol–water partition coefficient (Wildman–Crippen LogP) is -0.0834. The smallest absolute Gasteiger partial charge is 0.328 e. The van der Waals surface area contributed by atoms with Crippen molar-refractivity contribution in [2.24, 2.45) is 17.6 Å². The third-order valence-corrected chi connectivity index (χ3v) is 5.10. The molecule has 0 bridgehead atoms. The molecule has 3 N–H and O–H groups in total. The van der Waals surface area contributed by atoms with Crippen LogP contribution in [0.1, 0.15) is 12.8 Å². The molecule has 1 saturated carbocycles. The molecule has 1 aliphatic heterocycles. The highest BCUT2D eigenvalue weighted by atomic mass is 79.9. The SMILES string of the molecule is Cl.NC1CCC2CN(C(=O)Cn3cc(Br)c(=O)[nH]c3=O)CC12. The predicted molar refractivity (Wildman–Crippen MR) is 87.0 cm³/mol. The summed E-state index contributed by atoms with van der Waals surface area (Å²) in [5.74, 6) is 0.758. The topological polar surface area (TPSA) is 101 Å². The molecule has 2 aliphatic rings. The Labute approximate surface area is 141 Å². The van der Waals surface area contributed by atoms with Crippen LogP contribution in [0.15, 0.2) is 20.3 Å². The molecule has 1 saturated heterocycles. The molecular weight excluding hydrogens is 376 g/mol. The molecule has 0 aromatic carbocycles. The van der Waals surface area contributed by atoms with Crippen LogP contribution >= 0.6 is 28.3 Å². The van der Waals surface area contributed by atoms with Crippen molar-refractivity contribution in [3.05, 3.63) is 31.5 Å². The van der Waals surface area contributed by atoms with Crippen LogP contribution in [0.4, 0.5) is 0 Å². The normalized spacial score (nSPS) is 26.6. The van der Waals surface area contributed by atoms with E-state index >= 15 is 0 Å². The summed E-state index contributed by atoms with van der Waals surface area (Å²) in [6.45, 7) is 1.32. The van der Waals surface area contributed by atoms with E-state index in [1.54, 1.807) is 4.90 Å². The van der Waals surface area contributed by atoms with Crippen LogP contribution in [0.25, 0.3) is 0 Å². The van der Waals surface area contributed by atoms with Crippen LogP contribution in [0.2, 0.25) is 0 Å². The second kappa shape index (κ2) is 6.55. The molecule has 1 aromatic rings. The number of hydrogen-bond donors (Lipinski definition) is 2. The Bertz CT molecular complexity index is 689. The minimum atomic E-state index is -0.576. The fourth-order valence-corrected chi connectivity index (χ4v) is 3.70. The second-order valence-electron chi connectivity index (χ2n) is 5.83. The summed E-state index contributed by atoms with van der Waals surface area (Å²) in [7, 11) is 0. The molecular formula is C13H18BrClN4O3. The molecule has 7 nitrogen and oxygen atoms in total. The number of amides is 1. The first-order valence-corrected chi connectivity index (χ1v) is 7.77. The lowest BCUT2D eigenvalue weighted by Crippen LogP contribution is -2.39. The molecule has 3 atom stereocenters. The molecule has 0 spiro atoms. The van der Waals surface area contributed by atoms with E-state index in [2.05, 4.69) is 20.9 Å². The Kier molecular flexibility index (Phi) is 5.14. The van der Waals surface area contributed by atoms with Crippen molar-refractivity contribution < 1.29 is 4.79 Å². The molecule has 3 unspecified atom stereocenters. The molecule has 122 valence electrons. The lowest BCUT2D eigenvalue weighted by Gasteiger charge is -2.19. The zero-order valence-corrected chi connectivity index (χ0v) is 14.2. The molecule has 1 amide bonds. The summed E-state index contributed by atoms with van der Waals surface area (Å²) in [6, 6.07) is 0.178. The maximum absolute atomic E-state index is 12.3. The third kappa shape index (κ3) is 3.13. The van der Waals surface area contributed by atoms with Crippen LogP contribution in [-0.2, 0) is 11.3 Å². The highest BCUT2D eigenvalue weighted by Gasteiger charge is 2.42. The molecule has 3 rings (SSSR count).